The molecule has 4 nitrogen and oxygen atoms in total. The van der Waals surface area contributed by atoms with Crippen molar-refractivity contribution >= 4 is 21.8 Å². The Kier molecular flexibility index (Phi) is 5.01. The average Bonchev–Trinajstić information content (AvgIpc) is 2.55. The topological polar surface area (TPSA) is 41.6 Å². The highest BCUT2D eigenvalue weighted by Crippen LogP contribution is 2.17. The molecule has 2 rings (SSSR count). The van der Waals surface area contributed by atoms with Crippen LogP contribution >= 0.6 is 15.9 Å². The van der Waals surface area contributed by atoms with E-state index in [9.17, 15) is 4.79 Å². The third-order valence-electron chi connectivity index (χ3n) is 2.84. The van der Waals surface area contributed by atoms with Crippen molar-refractivity contribution in [3.63, 3.8) is 0 Å². The molecule has 0 atom stereocenters. The minimum Gasteiger partial charge on any atom is -0.492 e. The van der Waals surface area contributed by atoms with Crippen LogP contribution in [-0.2, 0) is 4.79 Å². The summed E-state index contributed by atoms with van der Waals surface area (Å²) in [6, 6.07) is 7.72. The Morgan fingerprint density at radius 2 is 2.33 bits per heavy atom. The second-order valence-corrected chi connectivity index (χ2v) is 5.13. The fourth-order valence-electron chi connectivity index (χ4n) is 1.89. The van der Waals surface area contributed by atoms with Gasteiger partial charge in [-0.3, -0.25) is 4.79 Å². The summed E-state index contributed by atoms with van der Waals surface area (Å²) < 4.78 is 6.63. The van der Waals surface area contributed by atoms with E-state index in [1.807, 2.05) is 29.2 Å². The Labute approximate surface area is 115 Å². The van der Waals surface area contributed by atoms with E-state index in [-0.39, 0.29) is 5.91 Å². The van der Waals surface area contributed by atoms with Crippen molar-refractivity contribution in [2.24, 2.45) is 0 Å². The molecule has 18 heavy (non-hydrogen) atoms. The Balaban J connectivity index is 1.79. The number of amides is 1. The van der Waals surface area contributed by atoms with Crippen molar-refractivity contribution in [2.45, 2.75) is 6.42 Å². The molecule has 0 unspecified atom stereocenters. The maximum absolute atomic E-state index is 11.7. The molecule has 1 aliphatic heterocycles. The zero-order chi connectivity index (χ0) is 12.8. The van der Waals surface area contributed by atoms with Crippen LogP contribution in [0.15, 0.2) is 28.7 Å². The van der Waals surface area contributed by atoms with Crippen LogP contribution in [0.25, 0.3) is 0 Å². The van der Waals surface area contributed by atoms with Crippen LogP contribution in [0, 0.1) is 0 Å². The highest BCUT2D eigenvalue weighted by atomic mass is 79.9. The number of rotatable bonds is 4. The second kappa shape index (κ2) is 6.75. The maximum atomic E-state index is 11.7. The average molecular weight is 313 g/mol. The van der Waals surface area contributed by atoms with Gasteiger partial charge in [0.2, 0.25) is 5.91 Å². The molecule has 1 heterocycles. The molecular formula is C13H17BrN2O2. The van der Waals surface area contributed by atoms with E-state index in [1.54, 1.807) is 0 Å². The van der Waals surface area contributed by atoms with Crippen molar-refractivity contribution in [1.82, 2.24) is 10.2 Å². The molecule has 1 amide bonds. The van der Waals surface area contributed by atoms with Crippen molar-refractivity contribution in [3.8, 4) is 5.75 Å². The van der Waals surface area contributed by atoms with Gasteiger partial charge in [-0.2, -0.15) is 0 Å². The number of nitrogens with one attached hydrogen (secondary N) is 1. The molecule has 1 saturated heterocycles. The van der Waals surface area contributed by atoms with Crippen LogP contribution in [0.5, 0.6) is 5.75 Å². The number of halogens is 1. The molecule has 5 heteroatoms. The molecule has 0 spiro atoms. The van der Waals surface area contributed by atoms with E-state index < -0.39 is 0 Å². The lowest BCUT2D eigenvalue weighted by atomic mass is 10.3. The fourth-order valence-corrected chi connectivity index (χ4v) is 2.27. The van der Waals surface area contributed by atoms with Gasteiger partial charge in [0, 0.05) is 11.0 Å². The van der Waals surface area contributed by atoms with Crippen molar-refractivity contribution < 1.29 is 9.53 Å². The summed E-state index contributed by atoms with van der Waals surface area (Å²) in [5, 5.41) is 3.10. The second-order valence-electron chi connectivity index (χ2n) is 4.22. The van der Waals surface area contributed by atoms with Gasteiger partial charge in [0.15, 0.2) is 0 Å². The molecular weight excluding hydrogens is 296 g/mol. The zero-order valence-corrected chi connectivity index (χ0v) is 11.8. The van der Waals surface area contributed by atoms with Crippen LogP contribution in [0.1, 0.15) is 6.42 Å². The van der Waals surface area contributed by atoms with Crippen LogP contribution in [0.3, 0.4) is 0 Å². The predicted octanol–water partition coefficient (Wildman–Crippen LogP) is 1.65. The third kappa shape index (κ3) is 3.99. The monoisotopic (exact) mass is 312 g/mol. The predicted molar refractivity (Wildman–Crippen MR) is 73.7 cm³/mol. The number of hydrogen-bond acceptors (Lipinski definition) is 3. The van der Waals surface area contributed by atoms with Crippen LogP contribution < -0.4 is 10.1 Å². The van der Waals surface area contributed by atoms with Gasteiger partial charge in [0.1, 0.15) is 12.4 Å². The Hall–Kier alpha value is -1.07. The smallest absolute Gasteiger partial charge is 0.236 e. The quantitative estimate of drug-likeness (QED) is 0.919. The summed E-state index contributed by atoms with van der Waals surface area (Å²) in [6.45, 7) is 3.34. The minimum atomic E-state index is 0.158. The number of nitrogens with zero attached hydrogens (tertiary/aromatic N) is 1. The molecule has 0 aliphatic carbocycles. The first-order valence-electron chi connectivity index (χ1n) is 6.12. The molecule has 0 bridgehead atoms. The minimum absolute atomic E-state index is 0.158. The first kappa shape index (κ1) is 13.4. The van der Waals surface area contributed by atoms with Gasteiger partial charge in [0.25, 0.3) is 0 Å². The lowest BCUT2D eigenvalue weighted by Gasteiger charge is -2.20. The number of carbonyl (C=O) groups is 1. The standard InChI is InChI=1S/C13H17BrN2O2/c14-11-3-1-4-12(9-11)18-8-7-16-6-2-5-15-10-13(16)17/h1,3-4,9,15H,2,5-8,10H2. The van der Waals surface area contributed by atoms with E-state index in [2.05, 4.69) is 21.2 Å². The van der Waals surface area contributed by atoms with E-state index in [1.165, 1.54) is 0 Å². The van der Waals surface area contributed by atoms with Crippen LogP contribution in [0.4, 0.5) is 0 Å². The number of carbonyl (C=O) groups excluding carboxylic acids is 1. The number of ether oxygens (including phenoxy) is 1. The summed E-state index contributed by atoms with van der Waals surface area (Å²) in [5.74, 6) is 0.982. The molecule has 1 aromatic carbocycles. The van der Waals surface area contributed by atoms with Gasteiger partial charge in [-0.1, -0.05) is 22.0 Å². The Morgan fingerprint density at radius 3 is 3.17 bits per heavy atom. The molecule has 1 aliphatic rings. The number of benzene rings is 1. The largest absolute Gasteiger partial charge is 0.492 e. The Morgan fingerprint density at radius 1 is 1.44 bits per heavy atom. The van der Waals surface area contributed by atoms with Crippen molar-refractivity contribution in [3.05, 3.63) is 28.7 Å². The van der Waals surface area contributed by atoms with Crippen LogP contribution in [-0.4, -0.2) is 43.6 Å². The molecule has 1 fully saturated rings. The van der Waals surface area contributed by atoms with Gasteiger partial charge in [0.05, 0.1) is 13.1 Å². The van der Waals surface area contributed by atoms with E-state index in [4.69, 9.17) is 4.74 Å². The molecule has 98 valence electrons. The van der Waals surface area contributed by atoms with Gasteiger partial charge in [-0.05, 0) is 31.2 Å². The van der Waals surface area contributed by atoms with Crippen molar-refractivity contribution in [2.75, 3.05) is 32.8 Å². The summed E-state index contributed by atoms with van der Waals surface area (Å²) in [4.78, 5) is 13.6. The molecule has 0 aromatic heterocycles. The van der Waals surface area contributed by atoms with Crippen LogP contribution in [0.2, 0.25) is 0 Å². The molecule has 0 radical (unpaired) electrons. The number of hydrogen-bond donors (Lipinski definition) is 1. The van der Waals surface area contributed by atoms with E-state index >= 15 is 0 Å². The zero-order valence-electron chi connectivity index (χ0n) is 10.2. The molecule has 1 N–H and O–H groups in total. The normalized spacial score (nSPS) is 16.5. The summed E-state index contributed by atoms with van der Waals surface area (Å²) in [5.41, 5.74) is 0. The van der Waals surface area contributed by atoms with Gasteiger partial charge in [-0.25, -0.2) is 0 Å². The van der Waals surface area contributed by atoms with E-state index in [0.717, 1.165) is 29.7 Å². The molecule has 0 saturated carbocycles. The summed E-state index contributed by atoms with van der Waals surface area (Å²) >= 11 is 3.40. The molecule has 1 aromatic rings. The maximum Gasteiger partial charge on any atom is 0.236 e. The lowest BCUT2D eigenvalue weighted by Crippen LogP contribution is -2.37. The highest BCUT2D eigenvalue weighted by molar-refractivity contribution is 9.10. The highest BCUT2D eigenvalue weighted by Gasteiger charge is 2.15. The first-order valence-corrected chi connectivity index (χ1v) is 6.92. The lowest BCUT2D eigenvalue weighted by molar-refractivity contribution is -0.129. The first-order chi connectivity index (χ1) is 8.75. The van der Waals surface area contributed by atoms with Gasteiger partial charge < -0.3 is 15.0 Å². The van der Waals surface area contributed by atoms with E-state index in [0.29, 0.717) is 19.7 Å². The SMILES string of the molecule is O=C1CNCCCN1CCOc1cccc(Br)c1. The van der Waals surface area contributed by atoms with Gasteiger partial charge >= 0.3 is 0 Å². The summed E-state index contributed by atoms with van der Waals surface area (Å²) in [6.07, 6.45) is 1.00. The van der Waals surface area contributed by atoms with Gasteiger partial charge in [-0.15, -0.1) is 0 Å². The Bertz CT molecular complexity index is 412. The third-order valence-corrected chi connectivity index (χ3v) is 3.33. The fraction of sp³-hybridized carbons (Fsp3) is 0.462. The van der Waals surface area contributed by atoms with Crippen molar-refractivity contribution in [1.29, 1.82) is 0 Å². The summed E-state index contributed by atoms with van der Waals surface area (Å²) in [7, 11) is 0.